The predicted octanol–water partition coefficient (Wildman–Crippen LogP) is 1.90. The van der Waals surface area contributed by atoms with E-state index in [2.05, 4.69) is 24.2 Å². The van der Waals surface area contributed by atoms with Crippen LogP contribution in [0.15, 0.2) is 24.3 Å². The van der Waals surface area contributed by atoms with Crippen LogP contribution >= 0.6 is 0 Å². The van der Waals surface area contributed by atoms with Crippen molar-refractivity contribution >= 4 is 0 Å². The summed E-state index contributed by atoms with van der Waals surface area (Å²) in [5.74, 6) is 1.72. The number of rotatable bonds is 3. The standard InChI is InChI=1S/C16H24N2O2/c1-12-9-13(7-8-18(12)2)17-10-14-11-19-15-5-3-4-6-16(15)20-14/h3-6,12-14,17H,7-11H2,1-2H3. The maximum absolute atomic E-state index is 5.97. The molecule has 20 heavy (non-hydrogen) atoms. The lowest BCUT2D eigenvalue weighted by atomic mass is 9.99. The van der Waals surface area contributed by atoms with Crippen LogP contribution in [0.5, 0.6) is 11.5 Å². The highest BCUT2D eigenvalue weighted by atomic mass is 16.6. The molecule has 1 aromatic rings. The summed E-state index contributed by atoms with van der Waals surface area (Å²) in [4.78, 5) is 2.43. The van der Waals surface area contributed by atoms with Gasteiger partial charge in [-0.3, -0.25) is 0 Å². The van der Waals surface area contributed by atoms with Crippen LogP contribution in [-0.2, 0) is 0 Å². The van der Waals surface area contributed by atoms with E-state index in [0.717, 1.165) is 18.0 Å². The van der Waals surface area contributed by atoms with E-state index >= 15 is 0 Å². The van der Waals surface area contributed by atoms with Crippen molar-refractivity contribution in [1.29, 1.82) is 0 Å². The second-order valence-electron chi connectivity index (χ2n) is 5.96. The van der Waals surface area contributed by atoms with Crippen LogP contribution in [0.4, 0.5) is 0 Å². The smallest absolute Gasteiger partial charge is 0.161 e. The molecule has 0 aromatic heterocycles. The van der Waals surface area contributed by atoms with Gasteiger partial charge in [-0.1, -0.05) is 12.1 Å². The van der Waals surface area contributed by atoms with E-state index < -0.39 is 0 Å². The largest absolute Gasteiger partial charge is 0.486 e. The van der Waals surface area contributed by atoms with Crippen molar-refractivity contribution in [2.24, 2.45) is 0 Å². The third kappa shape index (κ3) is 3.07. The minimum atomic E-state index is 0.111. The summed E-state index contributed by atoms with van der Waals surface area (Å²) >= 11 is 0. The average molecular weight is 276 g/mol. The number of hydrogen-bond donors (Lipinski definition) is 1. The molecule has 0 radical (unpaired) electrons. The lowest BCUT2D eigenvalue weighted by molar-refractivity contribution is 0.0826. The van der Waals surface area contributed by atoms with Gasteiger partial charge in [-0.05, 0) is 45.5 Å². The first-order valence-electron chi connectivity index (χ1n) is 7.54. The number of ether oxygens (including phenoxy) is 2. The van der Waals surface area contributed by atoms with Crippen molar-refractivity contribution in [1.82, 2.24) is 10.2 Å². The number of nitrogens with one attached hydrogen (secondary N) is 1. The molecule has 1 fully saturated rings. The van der Waals surface area contributed by atoms with Crippen LogP contribution in [0, 0.1) is 0 Å². The van der Waals surface area contributed by atoms with Crippen molar-refractivity contribution < 1.29 is 9.47 Å². The SMILES string of the molecule is CC1CC(NCC2COc3ccccc3O2)CCN1C. The minimum absolute atomic E-state index is 0.111. The number of likely N-dealkylation sites (tertiary alicyclic amines) is 1. The van der Waals surface area contributed by atoms with E-state index in [1.165, 1.54) is 19.4 Å². The van der Waals surface area contributed by atoms with E-state index in [4.69, 9.17) is 9.47 Å². The summed E-state index contributed by atoms with van der Waals surface area (Å²) in [6, 6.07) is 9.14. The lowest BCUT2D eigenvalue weighted by Crippen LogP contribution is -2.49. The molecule has 1 N–H and O–H groups in total. The van der Waals surface area contributed by atoms with Gasteiger partial charge in [-0.2, -0.15) is 0 Å². The summed E-state index contributed by atoms with van der Waals surface area (Å²) in [7, 11) is 2.20. The topological polar surface area (TPSA) is 33.7 Å². The van der Waals surface area contributed by atoms with Gasteiger partial charge in [0.2, 0.25) is 0 Å². The van der Waals surface area contributed by atoms with Crippen molar-refractivity contribution in [3.05, 3.63) is 24.3 Å². The Kier molecular flexibility index (Phi) is 4.13. The first-order valence-corrected chi connectivity index (χ1v) is 7.54. The van der Waals surface area contributed by atoms with Crippen molar-refractivity contribution in [3.63, 3.8) is 0 Å². The molecule has 1 aromatic carbocycles. The van der Waals surface area contributed by atoms with Gasteiger partial charge in [-0.15, -0.1) is 0 Å². The molecule has 3 unspecified atom stereocenters. The molecule has 2 aliphatic heterocycles. The molecule has 3 rings (SSSR count). The Hall–Kier alpha value is -1.26. The highest BCUT2D eigenvalue weighted by Crippen LogP contribution is 2.30. The Balaban J connectivity index is 1.48. The number of hydrogen-bond acceptors (Lipinski definition) is 4. The zero-order chi connectivity index (χ0) is 13.9. The third-order valence-corrected chi connectivity index (χ3v) is 4.41. The van der Waals surface area contributed by atoms with E-state index in [1.54, 1.807) is 0 Å². The minimum Gasteiger partial charge on any atom is -0.486 e. The first-order chi connectivity index (χ1) is 9.72. The first kappa shape index (κ1) is 13.7. The molecular weight excluding hydrogens is 252 g/mol. The predicted molar refractivity (Wildman–Crippen MR) is 79.5 cm³/mol. The lowest BCUT2D eigenvalue weighted by Gasteiger charge is -2.36. The van der Waals surface area contributed by atoms with Crippen molar-refractivity contribution in [3.8, 4) is 11.5 Å². The average Bonchev–Trinajstić information content (AvgIpc) is 2.48. The van der Waals surface area contributed by atoms with Crippen LogP contribution in [0.2, 0.25) is 0 Å². The summed E-state index contributed by atoms with van der Waals surface area (Å²) in [6.45, 7) is 4.95. The fourth-order valence-corrected chi connectivity index (χ4v) is 2.94. The fourth-order valence-electron chi connectivity index (χ4n) is 2.94. The maximum atomic E-state index is 5.97. The van der Waals surface area contributed by atoms with Gasteiger partial charge in [-0.25, -0.2) is 0 Å². The summed E-state index contributed by atoms with van der Waals surface area (Å²) in [6.07, 6.45) is 2.53. The molecule has 2 heterocycles. The normalized spacial score (nSPS) is 30.2. The Bertz CT molecular complexity index is 452. The molecular formula is C16H24N2O2. The Morgan fingerprint density at radius 1 is 1.30 bits per heavy atom. The van der Waals surface area contributed by atoms with E-state index in [0.29, 0.717) is 18.7 Å². The molecule has 0 spiro atoms. The number of benzene rings is 1. The van der Waals surface area contributed by atoms with E-state index in [9.17, 15) is 0 Å². The molecule has 3 atom stereocenters. The molecule has 0 saturated carbocycles. The zero-order valence-electron chi connectivity index (χ0n) is 12.3. The molecule has 4 heteroatoms. The maximum Gasteiger partial charge on any atom is 0.161 e. The van der Waals surface area contributed by atoms with Crippen LogP contribution < -0.4 is 14.8 Å². The second kappa shape index (κ2) is 6.02. The number of para-hydroxylation sites is 2. The second-order valence-corrected chi connectivity index (χ2v) is 5.96. The zero-order valence-corrected chi connectivity index (χ0v) is 12.3. The summed E-state index contributed by atoms with van der Waals surface area (Å²) in [5, 5.41) is 3.64. The third-order valence-electron chi connectivity index (χ3n) is 4.41. The van der Waals surface area contributed by atoms with Crippen LogP contribution in [0.25, 0.3) is 0 Å². The van der Waals surface area contributed by atoms with Gasteiger partial charge in [0.15, 0.2) is 11.5 Å². The van der Waals surface area contributed by atoms with E-state index in [1.807, 2.05) is 24.3 Å². The highest BCUT2D eigenvalue weighted by molar-refractivity contribution is 5.40. The molecule has 0 bridgehead atoms. The van der Waals surface area contributed by atoms with Gasteiger partial charge in [0.05, 0.1) is 0 Å². The van der Waals surface area contributed by atoms with Crippen LogP contribution in [0.1, 0.15) is 19.8 Å². The van der Waals surface area contributed by atoms with Crippen LogP contribution in [0.3, 0.4) is 0 Å². The quantitative estimate of drug-likeness (QED) is 0.914. The molecule has 1 saturated heterocycles. The molecule has 2 aliphatic rings. The van der Waals surface area contributed by atoms with Gasteiger partial charge < -0.3 is 19.7 Å². The number of piperidine rings is 1. The number of nitrogens with zero attached hydrogens (tertiary/aromatic N) is 1. The van der Waals surface area contributed by atoms with Crippen molar-refractivity contribution in [2.45, 2.75) is 38.0 Å². The summed E-state index contributed by atoms with van der Waals surface area (Å²) in [5.41, 5.74) is 0. The summed E-state index contributed by atoms with van der Waals surface area (Å²) < 4.78 is 11.7. The Morgan fingerprint density at radius 3 is 2.90 bits per heavy atom. The van der Waals surface area contributed by atoms with Gasteiger partial charge in [0, 0.05) is 18.6 Å². The Labute approximate surface area is 121 Å². The van der Waals surface area contributed by atoms with Crippen LogP contribution in [-0.4, -0.2) is 49.8 Å². The molecule has 110 valence electrons. The fraction of sp³-hybridized carbons (Fsp3) is 0.625. The number of fused-ring (bicyclic) bond motifs is 1. The molecule has 0 aliphatic carbocycles. The Morgan fingerprint density at radius 2 is 2.10 bits per heavy atom. The van der Waals surface area contributed by atoms with Crippen molar-refractivity contribution in [2.75, 3.05) is 26.7 Å². The highest BCUT2D eigenvalue weighted by Gasteiger charge is 2.25. The van der Waals surface area contributed by atoms with Gasteiger partial charge in [0.25, 0.3) is 0 Å². The monoisotopic (exact) mass is 276 g/mol. The molecule has 4 nitrogen and oxygen atoms in total. The van der Waals surface area contributed by atoms with E-state index in [-0.39, 0.29) is 6.10 Å². The van der Waals surface area contributed by atoms with Gasteiger partial charge in [0.1, 0.15) is 12.7 Å². The molecule has 0 amide bonds. The van der Waals surface area contributed by atoms with Gasteiger partial charge >= 0.3 is 0 Å².